The Bertz CT molecular complexity index is 588. The van der Waals surface area contributed by atoms with E-state index < -0.39 is 27.4 Å². The van der Waals surface area contributed by atoms with Crippen LogP contribution in [0.15, 0.2) is 33.6 Å². The second-order valence-corrected chi connectivity index (χ2v) is 8.71. The summed E-state index contributed by atoms with van der Waals surface area (Å²) in [6, 6.07) is 6.20. The van der Waals surface area contributed by atoms with Crippen LogP contribution in [-0.4, -0.2) is 45.3 Å². The zero-order chi connectivity index (χ0) is 16.3. The highest BCUT2D eigenvalue weighted by Crippen LogP contribution is 2.28. The van der Waals surface area contributed by atoms with Crippen molar-refractivity contribution in [3.63, 3.8) is 0 Å². The van der Waals surface area contributed by atoms with Crippen molar-refractivity contribution in [1.82, 2.24) is 0 Å². The van der Waals surface area contributed by atoms with E-state index in [1.807, 2.05) is 13.8 Å². The fourth-order valence-electron chi connectivity index (χ4n) is 2.31. The molecular weight excluding hydrogens is 375 g/mol. The van der Waals surface area contributed by atoms with Crippen LogP contribution in [0.4, 0.5) is 4.39 Å². The lowest BCUT2D eigenvalue weighted by molar-refractivity contribution is -0.0718. The molecule has 0 saturated carbocycles. The van der Waals surface area contributed by atoms with Crippen LogP contribution in [0.3, 0.4) is 0 Å². The van der Waals surface area contributed by atoms with Gasteiger partial charge in [0.15, 0.2) is 9.84 Å². The lowest BCUT2D eigenvalue weighted by atomic mass is 10.1. The molecule has 0 spiro atoms. The van der Waals surface area contributed by atoms with E-state index in [0.717, 1.165) is 4.47 Å². The van der Waals surface area contributed by atoms with Gasteiger partial charge in [0.05, 0.1) is 30.3 Å². The largest absolute Gasteiger partial charge is 0.376 e. The van der Waals surface area contributed by atoms with Crippen molar-refractivity contribution < 1.29 is 22.3 Å². The fourth-order valence-corrected chi connectivity index (χ4v) is 4.19. The Morgan fingerprint density at radius 2 is 2.00 bits per heavy atom. The number of benzene rings is 1. The van der Waals surface area contributed by atoms with Crippen molar-refractivity contribution in [2.24, 2.45) is 0 Å². The van der Waals surface area contributed by atoms with Gasteiger partial charge in [-0.15, -0.1) is 0 Å². The van der Waals surface area contributed by atoms with Crippen LogP contribution in [0.1, 0.15) is 20.3 Å². The molecule has 0 N–H and O–H groups in total. The third kappa shape index (κ3) is 4.28. The van der Waals surface area contributed by atoms with Gasteiger partial charge in [0, 0.05) is 10.9 Å². The van der Waals surface area contributed by atoms with Gasteiger partial charge in [-0.05, 0) is 38.1 Å². The molecule has 0 bridgehead atoms. The first-order valence-corrected chi connectivity index (χ1v) is 9.51. The molecule has 0 radical (unpaired) electrons. The summed E-state index contributed by atoms with van der Waals surface area (Å²) in [5, 5.41) is -1.16. The molecule has 22 heavy (non-hydrogen) atoms. The quantitative estimate of drug-likeness (QED) is 0.769. The van der Waals surface area contributed by atoms with Gasteiger partial charge in [-0.2, -0.15) is 0 Å². The Balaban J connectivity index is 2.05. The topological polar surface area (TPSA) is 52.6 Å². The summed E-state index contributed by atoms with van der Waals surface area (Å²) >= 11 is 3.25. The van der Waals surface area contributed by atoms with Crippen molar-refractivity contribution in [2.75, 3.05) is 13.2 Å². The van der Waals surface area contributed by atoms with Gasteiger partial charge in [-0.25, -0.2) is 12.8 Å². The molecule has 1 aromatic carbocycles. The molecular formula is C15H20BrFO4S. The minimum Gasteiger partial charge on any atom is -0.376 e. The van der Waals surface area contributed by atoms with E-state index in [1.54, 1.807) is 12.1 Å². The normalized spacial score (nSPS) is 26.3. The highest BCUT2D eigenvalue weighted by molar-refractivity contribution is 9.10. The minimum absolute atomic E-state index is 0.0332. The van der Waals surface area contributed by atoms with Crippen molar-refractivity contribution in [1.29, 1.82) is 0 Å². The summed E-state index contributed by atoms with van der Waals surface area (Å²) in [6.07, 6.45) is -1.78. The van der Waals surface area contributed by atoms with Crippen LogP contribution in [0, 0.1) is 0 Å². The van der Waals surface area contributed by atoms with E-state index >= 15 is 0 Å². The molecule has 0 aliphatic carbocycles. The van der Waals surface area contributed by atoms with E-state index in [-0.39, 0.29) is 30.6 Å². The third-order valence-corrected chi connectivity index (χ3v) is 6.23. The van der Waals surface area contributed by atoms with Crippen LogP contribution in [0.5, 0.6) is 0 Å². The van der Waals surface area contributed by atoms with Crippen LogP contribution < -0.4 is 0 Å². The Kier molecular flexibility index (Phi) is 5.99. The van der Waals surface area contributed by atoms with E-state index in [2.05, 4.69) is 15.9 Å². The summed E-state index contributed by atoms with van der Waals surface area (Å²) in [5.41, 5.74) is 0. The molecule has 1 aromatic rings. The molecule has 7 heteroatoms. The summed E-state index contributed by atoms with van der Waals surface area (Å²) in [4.78, 5) is 0.115. The molecule has 1 saturated heterocycles. The predicted molar refractivity (Wildman–Crippen MR) is 85.5 cm³/mol. The van der Waals surface area contributed by atoms with Gasteiger partial charge < -0.3 is 9.47 Å². The Morgan fingerprint density at radius 1 is 1.36 bits per heavy atom. The average Bonchev–Trinajstić information content (AvgIpc) is 2.45. The first-order chi connectivity index (χ1) is 10.3. The lowest BCUT2D eigenvalue weighted by Crippen LogP contribution is -2.45. The van der Waals surface area contributed by atoms with Gasteiger partial charge in [0.25, 0.3) is 0 Å². The van der Waals surface area contributed by atoms with Gasteiger partial charge in [0.2, 0.25) is 0 Å². The smallest absolute Gasteiger partial charge is 0.186 e. The summed E-state index contributed by atoms with van der Waals surface area (Å²) in [7, 11) is -3.74. The molecule has 4 nitrogen and oxygen atoms in total. The first kappa shape index (κ1) is 17.8. The number of hydrogen-bond donors (Lipinski definition) is 0. The Labute approximate surface area is 139 Å². The predicted octanol–water partition coefficient (Wildman–Crippen LogP) is 3.14. The van der Waals surface area contributed by atoms with Crippen molar-refractivity contribution >= 4 is 25.8 Å². The molecule has 2 rings (SSSR count). The molecule has 1 fully saturated rings. The van der Waals surface area contributed by atoms with E-state index in [0.29, 0.717) is 0 Å². The lowest BCUT2D eigenvalue weighted by Gasteiger charge is -2.32. The molecule has 1 heterocycles. The molecule has 1 aliphatic rings. The molecule has 3 atom stereocenters. The van der Waals surface area contributed by atoms with Crippen LogP contribution in [-0.2, 0) is 19.3 Å². The molecule has 0 aromatic heterocycles. The van der Waals surface area contributed by atoms with Crippen LogP contribution >= 0.6 is 15.9 Å². The number of rotatable bonds is 5. The van der Waals surface area contributed by atoms with Crippen LogP contribution in [0.25, 0.3) is 0 Å². The second kappa shape index (κ2) is 7.38. The van der Waals surface area contributed by atoms with Gasteiger partial charge in [0.1, 0.15) is 11.4 Å². The summed E-state index contributed by atoms with van der Waals surface area (Å²) < 4.78 is 51.1. The van der Waals surface area contributed by atoms with Crippen molar-refractivity contribution in [2.45, 2.75) is 48.8 Å². The SMILES string of the molecule is CC(C)OCC1C[C@@H](F)C(S(=O)(=O)c2ccc(Br)cc2)CO1. The molecule has 2 unspecified atom stereocenters. The minimum atomic E-state index is -3.74. The number of alkyl halides is 1. The van der Waals surface area contributed by atoms with Gasteiger partial charge >= 0.3 is 0 Å². The van der Waals surface area contributed by atoms with Crippen LogP contribution in [0.2, 0.25) is 0 Å². The van der Waals surface area contributed by atoms with Gasteiger partial charge in [-0.3, -0.25) is 0 Å². The summed E-state index contributed by atoms with van der Waals surface area (Å²) in [6.45, 7) is 3.90. The number of sulfone groups is 1. The number of halogens is 2. The molecule has 1 aliphatic heterocycles. The Hall–Kier alpha value is -0.500. The number of hydrogen-bond acceptors (Lipinski definition) is 4. The first-order valence-electron chi connectivity index (χ1n) is 7.17. The standard InChI is InChI=1S/C15H20BrFO4S/c1-10(2)20-8-12-7-14(17)15(9-21-12)22(18,19)13-5-3-11(16)4-6-13/h3-6,10,12,14-15H,7-9H2,1-2H3/t12?,14-,15?/m1/s1. The van der Waals surface area contributed by atoms with E-state index in [4.69, 9.17) is 9.47 Å². The third-order valence-electron chi connectivity index (χ3n) is 3.54. The van der Waals surface area contributed by atoms with Gasteiger partial charge in [-0.1, -0.05) is 15.9 Å². The van der Waals surface area contributed by atoms with E-state index in [9.17, 15) is 12.8 Å². The monoisotopic (exact) mass is 394 g/mol. The Morgan fingerprint density at radius 3 is 2.55 bits per heavy atom. The summed E-state index contributed by atoms with van der Waals surface area (Å²) in [5.74, 6) is 0. The second-order valence-electron chi connectivity index (χ2n) is 5.63. The maximum absolute atomic E-state index is 14.4. The number of ether oxygens (including phenoxy) is 2. The maximum atomic E-state index is 14.4. The highest BCUT2D eigenvalue weighted by atomic mass is 79.9. The molecule has 124 valence electrons. The fraction of sp³-hybridized carbons (Fsp3) is 0.600. The average molecular weight is 395 g/mol. The highest BCUT2D eigenvalue weighted by Gasteiger charge is 2.40. The molecule has 0 amide bonds. The maximum Gasteiger partial charge on any atom is 0.186 e. The van der Waals surface area contributed by atoms with Crippen molar-refractivity contribution in [3.05, 3.63) is 28.7 Å². The zero-order valence-electron chi connectivity index (χ0n) is 12.5. The zero-order valence-corrected chi connectivity index (χ0v) is 14.9. The van der Waals surface area contributed by atoms with E-state index in [1.165, 1.54) is 12.1 Å². The van der Waals surface area contributed by atoms with Crippen molar-refractivity contribution in [3.8, 4) is 0 Å².